The molecule has 5 nitrogen and oxygen atoms in total. The van der Waals surface area contributed by atoms with Gasteiger partial charge in [-0.15, -0.1) is 0 Å². The molecule has 1 heterocycles. The third kappa shape index (κ3) is 3.94. The number of hydrogen-bond donors (Lipinski definition) is 0. The molecule has 2 saturated carbocycles. The van der Waals surface area contributed by atoms with Gasteiger partial charge in [0.05, 0.1) is 11.8 Å². The third-order valence-corrected chi connectivity index (χ3v) is 9.32. The summed E-state index contributed by atoms with van der Waals surface area (Å²) in [6.45, 7) is 3.96. The smallest absolute Gasteiger partial charge is 0.335 e. The summed E-state index contributed by atoms with van der Waals surface area (Å²) >= 11 is 0. The maximum atomic E-state index is 13.8. The zero-order valence-electron chi connectivity index (χ0n) is 22.1. The normalized spacial score (nSPS) is 28.7. The van der Waals surface area contributed by atoms with Crippen molar-refractivity contribution in [1.82, 2.24) is 4.90 Å². The molecular weight excluding hydrogens is 486 g/mol. The molecule has 39 heavy (non-hydrogen) atoms. The second kappa shape index (κ2) is 9.04. The molecule has 0 spiro atoms. The van der Waals surface area contributed by atoms with Crippen molar-refractivity contribution in [2.75, 3.05) is 0 Å². The number of amides is 2. The molecule has 2 bridgehead atoms. The largest absolute Gasteiger partial charge is 0.425 e. The number of likely N-dealkylation sites (tertiary alicyclic amines) is 1. The standard InChI is InChI=1S/C34H31NO4/c1-19-8-10-22(11-9-19)23-12-15-29(20(2)16-23)39-34(38)28(17-21-6-4-3-5-7-21)35-32(36)30-24-13-14-25(27-18-26(24)27)31(30)33(35)37/h3-16,24-28,30-31H,17-18H2,1-2H3/t24-,25-,26-,27+,28-,30+,31+/m0/s1. The van der Waals surface area contributed by atoms with Crippen LogP contribution in [0.4, 0.5) is 0 Å². The van der Waals surface area contributed by atoms with Gasteiger partial charge < -0.3 is 4.74 Å². The van der Waals surface area contributed by atoms with E-state index in [1.807, 2.05) is 49.4 Å². The number of nitrogens with zero attached hydrogens (tertiary/aromatic N) is 1. The van der Waals surface area contributed by atoms with E-state index in [0.717, 1.165) is 28.7 Å². The number of benzene rings is 3. The van der Waals surface area contributed by atoms with Gasteiger partial charge in [0.1, 0.15) is 11.8 Å². The van der Waals surface area contributed by atoms with Gasteiger partial charge in [0.25, 0.3) is 0 Å². The molecule has 1 aliphatic heterocycles. The van der Waals surface area contributed by atoms with Crippen molar-refractivity contribution in [3.8, 4) is 16.9 Å². The van der Waals surface area contributed by atoms with Gasteiger partial charge in [0.2, 0.25) is 11.8 Å². The lowest BCUT2D eigenvalue weighted by molar-refractivity contribution is -0.153. The van der Waals surface area contributed by atoms with Gasteiger partial charge in [-0.1, -0.05) is 78.4 Å². The first-order valence-electron chi connectivity index (χ1n) is 13.9. The van der Waals surface area contributed by atoms with Crippen LogP contribution >= 0.6 is 0 Å². The van der Waals surface area contributed by atoms with Crippen molar-refractivity contribution in [2.45, 2.75) is 32.7 Å². The maximum Gasteiger partial charge on any atom is 0.335 e. The van der Waals surface area contributed by atoms with Crippen LogP contribution < -0.4 is 4.74 Å². The highest BCUT2D eigenvalue weighted by Gasteiger charge is 2.68. The number of ether oxygens (including phenoxy) is 1. The first-order chi connectivity index (χ1) is 18.9. The summed E-state index contributed by atoms with van der Waals surface area (Å²) in [6.07, 6.45) is 5.63. The second-order valence-corrected chi connectivity index (χ2v) is 11.7. The molecule has 5 aliphatic rings. The van der Waals surface area contributed by atoms with E-state index in [1.165, 1.54) is 10.5 Å². The molecule has 5 heteroatoms. The predicted molar refractivity (Wildman–Crippen MR) is 147 cm³/mol. The minimum absolute atomic E-state index is 0.108. The first kappa shape index (κ1) is 24.1. The topological polar surface area (TPSA) is 63.7 Å². The fraction of sp³-hybridized carbons (Fsp3) is 0.324. The average molecular weight is 518 g/mol. The second-order valence-electron chi connectivity index (χ2n) is 11.7. The Morgan fingerprint density at radius 3 is 2.08 bits per heavy atom. The van der Waals surface area contributed by atoms with Crippen molar-refractivity contribution < 1.29 is 19.1 Å². The summed E-state index contributed by atoms with van der Waals surface area (Å²) in [6, 6.07) is 22.5. The zero-order chi connectivity index (χ0) is 26.8. The summed E-state index contributed by atoms with van der Waals surface area (Å²) in [5, 5.41) is 0. The third-order valence-electron chi connectivity index (χ3n) is 9.32. The van der Waals surface area contributed by atoms with Gasteiger partial charge in [-0.2, -0.15) is 0 Å². The van der Waals surface area contributed by atoms with Crippen LogP contribution in [0.1, 0.15) is 23.1 Å². The molecule has 8 rings (SSSR count). The lowest BCUT2D eigenvalue weighted by Crippen LogP contribution is -2.48. The Hall–Kier alpha value is -3.99. The van der Waals surface area contributed by atoms with Crippen LogP contribution in [0.2, 0.25) is 0 Å². The quantitative estimate of drug-likeness (QED) is 0.186. The van der Waals surface area contributed by atoms with Crippen molar-refractivity contribution in [2.24, 2.45) is 35.5 Å². The van der Waals surface area contributed by atoms with Gasteiger partial charge in [-0.25, -0.2) is 4.79 Å². The molecule has 0 radical (unpaired) electrons. The molecule has 2 amide bonds. The predicted octanol–water partition coefficient (Wildman–Crippen LogP) is 5.54. The minimum Gasteiger partial charge on any atom is -0.425 e. The zero-order valence-corrected chi connectivity index (χ0v) is 22.1. The maximum absolute atomic E-state index is 13.8. The Labute approximate surface area is 228 Å². The lowest BCUT2D eigenvalue weighted by Gasteiger charge is -2.37. The summed E-state index contributed by atoms with van der Waals surface area (Å²) in [4.78, 5) is 42.8. The Morgan fingerprint density at radius 2 is 1.46 bits per heavy atom. The van der Waals surface area contributed by atoms with E-state index in [4.69, 9.17) is 4.74 Å². The van der Waals surface area contributed by atoms with Crippen molar-refractivity contribution >= 4 is 17.8 Å². The van der Waals surface area contributed by atoms with Crippen LogP contribution in [-0.4, -0.2) is 28.7 Å². The monoisotopic (exact) mass is 517 g/mol. The Kier molecular flexibility index (Phi) is 5.58. The fourth-order valence-electron chi connectivity index (χ4n) is 7.27. The Morgan fingerprint density at radius 1 is 0.846 bits per heavy atom. The molecule has 3 aromatic rings. The van der Waals surface area contributed by atoms with E-state index in [2.05, 4.69) is 43.3 Å². The van der Waals surface area contributed by atoms with Crippen molar-refractivity contribution in [3.05, 3.63) is 102 Å². The molecule has 0 aromatic heterocycles. The van der Waals surface area contributed by atoms with Crippen LogP contribution in [0.5, 0.6) is 5.75 Å². The Balaban J connectivity index is 1.18. The molecule has 0 unspecified atom stereocenters. The summed E-state index contributed by atoms with van der Waals surface area (Å²) in [5.41, 5.74) is 5.00. The van der Waals surface area contributed by atoms with E-state index >= 15 is 0 Å². The number of esters is 1. The van der Waals surface area contributed by atoms with E-state index in [1.54, 1.807) is 6.07 Å². The summed E-state index contributed by atoms with van der Waals surface area (Å²) < 4.78 is 5.95. The SMILES string of the molecule is Cc1ccc(-c2ccc(OC(=O)[C@H](Cc3ccccc3)N3C(=O)[C@@H]4[C@H]5C=C[C@@H]([C@@H]6C[C@H]56)[C@H]4C3=O)c(C)c2)cc1. The average Bonchev–Trinajstić information content (AvgIpc) is 3.73. The van der Waals surface area contributed by atoms with Crippen LogP contribution in [-0.2, 0) is 20.8 Å². The highest BCUT2D eigenvalue weighted by Crippen LogP contribution is 2.65. The van der Waals surface area contributed by atoms with Crippen LogP contribution in [0, 0.1) is 49.4 Å². The molecule has 3 fully saturated rings. The number of rotatable bonds is 6. The van der Waals surface area contributed by atoms with Crippen LogP contribution in [0.25, 0.3) is 11.1 Å². The van der Waals surface area contributed by atoms with Gasteiger partial charge in [-0.3, -0.25) is 14.5 Å². The van der Waals surface area contributed by atoms with Crippen LogP contribution in [0.15, 0.2) is 84.9 Å². The van der Waals surface area contributed by atoms with E-state index in [0.29, 0.717) is 17.6 Å². The van der Waals surface area contributed by atoms with E-state index < -0.39 is 12.0 Å². The van der Waals surface area contributed by atoms with Crippen molar-refractivity contribution in [3.63, 3.8) is 0 Å². The fourth-order valence-corrected chi connectivity index (χ4v) is 7.27. The number of carbonyl (C=O) groups excluding carboxylic acids is 3. The van der Waals surface area contributed by atoms with Crippen molar-refractivity contribution in [1.29, 1.82) is 0 Å². The minimum atomic E-state index is -1.01. The van der Waals surface area contributed by atoms with Gasteiger partial charge in [-0.05, 0) is 78.3 Å². The van der Waals surface area contributed by atoms with Gasteiger partial charge in [0, 0.05) is 6.42 Å². The van der Waals surface area contributed by atoms with Crippen LogP contribution in [0.3, 0.4) is 0 Å². The molecule has 0 N–H and O–H groups in total. The first-order valence-corrected chi connectivity index (χ1v) is 13.9. The van der Waals surface area contributed by atoms with Gasteiger partial charge >= 0.3 is 5.97 Å². The molecular formula is C34H31NO4. The molecule has 1 saturated heterocycles. The highest BCUT2D eigenvalue weighted by molar-refractivity contribution is 6.09. The van der Waals surface area contributed by atoms with E-state index in [-0.39, 0.29) is 41.9 Å². The lowest BCUT2D eigenvalue weighted by atomic mass is 9.63. The molecule has 4 aliphatic carbocycles. The number of hydrogen-bond acceptors (Lipinski definition) is 4. The number of imide groups is 1. The summed E-state index contributed by atoms with van der Waals surface area (Å²) in [5.74, 6) is -0.0230. The van der Waals surface area contributed by atoms with Gasteiger partial charge in [0.15, 0.2) is 0 Å². The number of carbonyl (C=O) groups is 3. The molecule has 3 aromatic carbocycles. The molecule has 7 atom stereocenters. The number of aryl methyl sites for hydroxylation is 2. The summed E-state index contributed by atoms with van der Waals surface area (Å²) in [7, 11) is 0. The number of allylic oxidation sites excluding steroid dienone is 2. The molecule has 196 valence electrons. The highest BCUT2D eigenvalue weighted by atomic mass is 16.5. The Bertz CT molecular complexity index is 1470. The van der Waals surface area contributed by atoms with E-state index in [9.17, 15) is 14.4 Å².